The van der Waals surface area contributed by atoms with Gasteiger partial charge in [-0.25, -0.2) is 0 Å². The standard InChI is InChI=1S/C18H25NO2/c1-2-20-17-12-16(18(17)8-5-9-21-18)19-15-10-13-6-3-4-7-14(13)11-15/h3-4,6-7,15-17,19H,2,5,8-12H2,1H3. The molecule has 1 saturated carbocycles. The van der Waals surface area contributed by atoms with E-state index in [1.165, 1.54) is 17.5 Å². The van der Waals surface area contributed by atoms with E-state index in [-0.39, 0.29) is 5.60 Å². The van der Waals surface area contributed by atoms with Gasteiger partial charge in [0.15, 0.2) is 0 Å². The predicted octanol–water partition coefficient (Wildman–Crippen LogP) is 2.47. The van der Waals surface area contributed by atoms with Gasteiger partial charge in [0.25, 0.3) is 0 Å². The highest BCUT2D eigenvalue weighted by Gasteiger charge is 2.58. The van der Waals surface area contributed by atoms with Crippen LogP contribution in [0.1, 0.15) is 37.3 Å². The fourth-order valence-electron chi connectivity index (χ4n) is 4.47. The van der Waals surface area contributed by atoms with Crippen molar-refractivity contribution >= 4 is 0 Å². The molecule has 3 heteroatoms. The lowest BCUT2D eigenvalue weighted by Crippen LogP contribution is -2.70. The summed E-state index contributed by atoms with van der Waals surface area (Å²) in [7, 11) is 0. The minimum absolute atomic E-state index is 0.0369. The van der Waals surface area contributed by atoms with Gasteiger partial charge >= 0.3 is 0 Å². The van der Waals surface area contributed by atoms with Crippen molar-refractivity contribution in [3.8, 4) is 0 Å². The molecule has 4 rings (SSSR count). The van der Waals surface area contributed by atoms with Crippen LogP contribution in [0, 0.1) is 0 Å². The summed E-state index contributed by atoms with van der Waals surface area (Å²) in [6, 6.07) is 9.87. The van der Waals surface area contributed by atoms with Crippen LogP contribution in [0.2, 0.25) is 0 Å². The summed E-state index contributed by atoms with van der Waals surface area (Å²) in [5.74, 6) is 0. The predicted molar refractivity (Wildman–Crippen MR) is 82.5 cm³/mol. The maximum atomic E-state index is 6.15. The van der Waals surface area contributed by atoms with Crippen molar-refractivity contribution in [3.05, 3.63) is 35.4 Å². The topological polar surface area (TPSA) is 30.5 Å². The maximum Gasteiger partial charge on any atom is 0.110 e. The molecule has 3 atom stereocenters. The van der Waals surface area contributed by atoms with Gasteiger partial charge in [-0.1, -0.05) is 24.3 Å². The SMILES string of the molecule is CCOC1CC(NC2Cc3ccccc3C2)C12CCCO2. The molecule has 0 aromatic heterocycles. The fourth-order valence-corrected chi connectivity index (χ4v) is 4.47. The van der Waals surface area contributed by atoms with Crippen LogP contribution in [0.5, 0.6) is 0 Å². The van der Waals surface area contributed by atoms with E-state index in [2.05, 4.69) is 36.5 Å². The van der Waals surface area contributed by atoms with E-state index in [1.54, 1.807) is 0 Å². The van der Waals surface area contributed by atoms with E-state index in [0.717, 1.165) is 38.9 Å². The van der Waals surface area contributed by atoms with Gasteiger partial charge in [0.1, 0.15) is 5.60 Å². The Balaban J connectivity index is 1.42. The molecule has 3 aliphatic rings. The van der Waals surface area contributed by atoms with Gasteiger partial charge in [0.05, 0.1) is 6.10 Å². The zero-order valence-corrected chi connectivity index (χ0v) is 12.8. The van der Waals surface area contributed by atoms with Crippen molar-refractivity contribution in [2.24, 2.45) is 0 Å². The van der Waals surface area contributed by atoms with Gasteiger partial charge in [-0.2, -0.15) is 0 Å². The minimum atomic E-state index is -0.0369. The zero-order valence-electron chi connectivity index (χ0n) is 12.8. The fraction of sp³-hybridized carbons (Fsp3) is 0.667. The Morgan fingerprint density at radius 3 is 2.67 bits per heavy atom. The first kappa shape index (κ1) is 13.7. The van der Waals surface area contributed by atoms with Crippen molar-refractivity contribution in [2.75, 3.05) is 13.2 Å². The van der Waals surface area contributed by atoms with Gasteiger partial charge < -0.3 is 14.8 Å². The van der Waals surface area contributed by atoms with Gasteiger partial charge in [0.2, 0.25) is 0 Å². The Morgan fingerprint density at radius 2 is 2.05 bits per heavy atom. The summed E-state index contributed by atoms with van der Waals surface area (Å²) in [5, 5.41) is 3.88. The average Bonchev–Trinajstić information content (AvgIpc) is 3.14. The highest BCUT2D eigenvalue weighted by molar-refractivity contribution is 5.33. The smallest absolute Gasteiger partial charge is 0.110 e. The number of hydrogen-bond acceptors (Lipinski definition) is 3. The molecule has 1 aromatic carbocycles. The maximum absolute atomic E-state index is 6.15. The number of benzene rings is 1. The summed E-state index contributed by atoms with van der Waals surface area (Å²) in [4.78, 5) is 0. The first-order valence-electron chi connectivity index (χ1n) is 8.40. The van der Waals surface area contributed by atoms with Crippen LogP contribution in [0.15, 0.2) is 24.3 Å². The van der Waals surface area contributed by atoms with E-state index < -0.39 is 0 Å². The second-order valence-electron chi connectivity index (χ2n) is 6.68. The first-order valence-corrected chi connectivity index (χ1v) is 8.40. The highest BCUT2D eigenvalue weighted by Crippen LogP contribution is 2.46. The van der Waals surface area contributed by atoms with E-state index in [0.29, 0.717) is 18.2 Å². The molecule has 1 saturated heterocycles. The van der Waals surface area contributed by atoms with Gasteiger partial charge in [-0.15, -0.1) is 0 Å². The van der Waals surface area contributed by atoms with Crippen LogP contribution in [0.4, 0.5) is 0 Å². The van der Waals surface area contributed by atoms with Crippen LogP contribution in [-0.4, -0.2) is 37.0 Å². The minimum Gasteiger partial charge on any atom is -0.375 e. The Bertz CT molecular complexity index is 485. The number of hydrogen-bond donors (Lipinski definition) is 1. The highest BCUT2D eigenvalue weighted by atomic mass is 16.6. The number of nitrogens with one attached hydrogen (secondary N) is 1. The number of rotatable bonds is 4. The summed E-state index contributed by atoms with van der Waals surface area (Å²) in [5.41, 5.74) is 2.99. The molecule has 0 amide bonds. The lowest BCUT2D eigenvalue weighted by atomic mass is 9.69. The van der Waals surface area contributed by atoms with E-state index >= 15 is 0 Å². The van der Waals surface area contributed by atoms with Crippen molar-refractivity contribution in [1.82, 2.24) is 5.32 Å². The molecule has 3 nitrogen and oxygen atoms in total. The first-order chi connectivity index (χ1) is 10.3. The van der Waals surface area contributed by atoms with Crippen molar-refractivity contribution in [2.45, 2.75) is 62.8 Å². The number of ether oxygens (including phenoxy) is 2. The molecule has 1 N–H and O–H groups in total. The summed E-state index contributed by atoms with van der Waals surface area (Å²) in [6.45, 7) is 3.76. The molecule has 21 heavy (non-hydrogen) atoms. The summed E-state index contributed by atoms with van der Waals surface area (Å²) < 4.78 is 12.1. The van der Waals surface area contributed by atoms with Gasteiger partial charge in [-0.05, 0) is 50.2 Å². The molecule has 114 valence electrons. The molecular weight excluding hydrogens is 262 g/mol. The Kier molecular flexibility index (Phi) is 3.52. The number of fused-ring (bicyclic) bond motifs is 1. The molecule has 1 heterocycles. The van der Waals surface area contributed by atoms with Crippen LogP contribution >= 0.6 is 0 Å². The molecular formula is C18H25NO2. The van der Waals surface area contributed by atoms with Crippen LogP contribution in [0.3, 0.4) is 0 Å². The summed E-state index contributed by atoms with van der Waals surface area (Å²) >= 11 is 0. The van der Waals surface area contributed by atoms with Crippen LogP contribution < -0.4 is 5.32 Å². The van der Waals surface area contributed by atoms with Crippen molar-refractivity contribution in [3.63, 3.8) is 0 Å². The zero-order chi connectivity index (χ0) is 14.3. The second kappa shape index (κ2) is 5.38. The third-order valence-corrected chi connectivity index (χ3v) is 5.52. The second-order valence-corrected chi connectivity index (χ2v) is 6.68. The monoisotopic (exact) mass is 287 g/mol. The molecule has 1 aromatic rings. The third kappa shape index (κ3) is 2.23. The van der Waals surface area contributed by atoms with Gasteiger partial charge in [0, 0.05) is 25.3 Å². The average molecular weight is 287 g/mol. The molecule has 0 bridgehead atoms. The largest absolute Gasteiger partial charge is 0.375 e. The van der Waals surface area contributed by atoms with Gasteiger partial charge in [-0.3, -0.25) is 0 Å². The molecule has 2 aliphatic carbocycles. The molecule has 0 radical (unpaired) electrons. The Hall–Kier alpha value is -0.900. The lowest BCUT2D eigenvalue weighted by Gasteiger charge is -2.53. The molecule has 2 fully saturated rings. The van der Waals surface area contributed by atoms with Crippen LogP contribution in [-0.2, 0) is 22.3 Å². The van der Waals surface area contributed by atoms with E-state index in [4.69, 9.17) is 9.47 Å². The third-order valence-electron chi connectivity index (χ3n) is 5.52. The lowest BCUT2D eigenvalue weighted by molar-refractivity contribution is -0.199. The van der Waals surface area contributed by atoms with Crippen molar-refractivity contribution < 1.29 is 9.47 Å². The Morgan fingerprint density at radius 1 is 1.29 bits per heavy atom. The van der Waals surface area contributed by atoms with Crippen molar-refractivity contribution in [1.29, 1.82) is 0 Å². The quantitative estimate of drug-likeness (QED) is 0.923. The van der Waals surface area contributed by atoms with E-state index in [9.17, 15) is 0 Å². The molecule has 3 unspecified atom stereocenters. The normalized spacial score (nSPS) is 35.1. The van der Waals surface area contributed by atoms with Crippen LogP contribution in [0.25, 0.3) is 0 Å². The summed E-state index contributed by atoms with van der Waals surface area (Å²) in [6.07, 6.45) is 6.03. The molecule has 1 aliphatic heterocycles. The molecule has 1 spiro atoms. The Labute approximate surface area is 127 Å². The van der Waals surface area contributed by atoms with E-state index in [1.807, 2.05) is 0 Å².